The molecule has 4 nitrogen and oxygen atoms in total. The summed E-state index contributed by atoms with van der Waals surface area (Å²) in [6.07, 6.45) is 2.36. The fourth-order valence-electron chi connectivity index (χ4n) is 1.16. The zero-order valence-corrected chi connectivity index (χ0v) is 9.14. The highest BCUT2D eigenvalue weighted by molar-refractivity contribution is 9.10. The molecule has 1 heterocycles. The molecule has 0 spiro atoms. The molecule has 0 saturated carbocycles. The van der Waals surface area contributed by atoms with Crippen LogP contribution in [0.15, 0.2) is 46.0 Å². The van der Waals surface area contributed by atoms with Crippen molar-refractivity contribution >= 4 is 33.4 Å². The smallest absolute Gasteiger partial charge is 0.261 e. The average molecular weight is 266 g/mol. The Balaban J connectivity index is 2.43. The van der Waals surface area contributed by atoms with Crippen LogP contribution in [0.4, 0.5) is 5.69 Å². The molecule has 1 aromatic rings. The van der Waals surface area contributed by atoms with Crippen molar-refractivity contribution in [1.82, 2.24) is 0 Å². The van der Waals surface area contributed by atoms with Crippen molar-refractivity contribution in [1.29, 1.82) is 0 Å². The lowest BCUT2D eigenvalue weighted by atomic mass is 10.3. The summed E-state index contributed by atoms with van der Waals surface area (Å²) >= 11 is 3.28. The minimum Gasteiger partial charge on any atom is -0.261 e. The van der Waals surface area contributed by atoms with Gasteiger partial charge in [-0.15, -0.1) is 0 Å². The van der Waals surface area contributed by atoms with E-state index in [0.717, 1.165) is 15.2 Å². The number of halogens is 1. The molecule has 5 heteroatoms. The molecule has 1 aromatic carbocycles. The van der Waals surface area contributed by atoms with Gasteiger partial charge in [0.05, 0.1) is 11.2 Å². The van der Waals surface area contributed by atoms with Crippen molar-refractivity contribution in [3.63, 3.8) is 0 Å². The van der Waals surface area contributed by atoms with E-state index in [0.29, 0.717) is 5.69 Å². The quantitative estimate of drug-likeness (QED) is 0.731. The molecule has 0 unspecified atom stereocenters. The second kappa shape index (κ2) is 3.86. The second-order valence-corrected chi connectivity index (χ2v) is 3.81. The summed E-state index contributed by atoms with van der Waals surface area (Å²) in [5.41, 5.74) is 0.570. The van der Waals surface area contributed by atoms with Crippen molar-refractivity contribution in [3.8, 4) is 0 Å². The van der Waals surface area contributed by atoms with Crippen LogP contribution in [0.3, 0.4) is 0 Å². The monoisotopic (exact) mass is 265 g/mol. The van der Waals surface area contributed by atoms with Crippen molar-refractivity contribution in [2.75, 3.05) is 0 Å². The molecule has 0 atom stereocenters. The first-order valence-corrected chi connectivity index (χ1v) is 4.99. The zero-order chi connectivity index (χ0) is 10.8. The molecule has 74 valence electrons. The van der Waals surface area contributed by atoms with E-state index in [4.69, 9.17) is 0 Å². The Bertz CT molecular complexity index is 489. The number of hydrogen-bond donors (Lipinski definition) is 0. The molecular weight excluding hydrogens is 260 g/mol. The molecule has 2 amide bonds. The van der Waals surface area contributed by atoms with Crippen LogP contribution < -0.4 is 0 Å². The fourth-order valence-corrected chi connectivity index (χ4v) is 1.43. The standard InChI is InChI=1S/C10H6BrN2O2/c11-7-1-3-8(4-2-7)13-10(15)6-5-9(14)12-13/h1-6H/q+1. The predicted molar refractivity (Wildman–Crippen MR) is 55.6 cm³/mol. The van der Waals surface area contributed by atoms with Gasteiger partial charge in [-0.05, 0) is 16.8 Å². The summed E-state index contributed by atoms with van der Waals surface area (Å²) in [4.78, 5) is 22.4. The number of benzene rings is 1. The fraction of sp³-hybridized carbons (Fsp3) is 0. The van der Waals surface area contributed by atoms with E-state index in [1.165, 1.54) is 6.08 Å². The van der Waals surface area contributed by atoms with E-state index in [1.807, 2.05) is 0 Å². The Hall–Kier alpha value is -1.62. The highest BCUT2D eigenvalue weighted by Crippen LogP contribution is 2.18. The van der Waals surface area contributed by atoms with E-state index in [2.05, 4.69) is 21.0 Å². The maximum absolute atomic E-state index is 11.4. The largest absolute Gasteiger partial charge is 0.443 e. The first-order chi connectivity index (χ1) is 7.16. The van der Waals surface area contributed by atoms with Gasteiger partial charge in [0.25, 0.3) is 0 Å². The first-order valence-electron chi connectivity index (χ1n) is 4.20. The molecule has 15 heavy (non-hydrogen) atoms. The average Bonchev–Trinajstić information content (AvgIpc) is 2.23. The van der Waals surface area contributed by atoms with Gasteiger partial charge >= 0.3 is 11.8 Å². The third-order valence-electron chi connectivity index (χ3n) is 1.85. The van der Waals surface area contributed by atoms with E-state index in [1.54, 1.807) is 24.3 Å². The molecule has 0 radical (unpaired) electrons. The van der Waals surface area contributed by atoms with Gasteiger partial charge in [0.1, 0.15) is 0 Å². The molecule has 0 fully saturated rings. The molecule has 1 aliphatic rings. The molecule has 0 bridgehead atoms. The Morgan fingerprint density at radius 1 is 1.07 bits per heavy atom. The van der Waals surface area contributed by atoms with Crippen molar-refractivity contribution in [2.24, 2.45) is 5.11 Å². The van der Waals surface area contributed by atoms with Crippen LogP contribution in [0.2, 0.25) is 0 Å². The van der Waals surface area contributed by atoms with Crippen LogP contribution in [-0.2, 0) is 9.59 Å². The van der Waals surface area contributed by atoms with Gasteiger partial charge in [-0.2, -0.15) is 0 Å². The van der Waals surface area contributed by atoms with Gasteiger partial charge in [0.15, 0.2) is 0 Å². The minimum atomic E-state index is -0.433. The summed E-state index contributed by atoms with van der Waals surface area (Å²) in [7, 11) is 0. The van der Waals surface area contributed by atoms with Gasteiger partial charge in [0.2, 0.25) is 5.69 Å². The number of rotatable bonds is 1. The van der Waals surface area contributed by atoms with Crippen LogP contribution >= 0.6 is 15.9 Å². The first kappa shape index (κ1) is 9.92. The maximum Gasteiger partial charge on any atom is 0.443 e. The van der Waals surface area contributed by atoms with Gasteiger partial charge in [-0.25, -0.2) is 4.79 Å². The Morgan fingerprint density at radius 2 is 1.73 bits per heavy atom. The van der Waals surface area contributed by atoms with Crippen molar-refractivity contribution in [3.05, 3.63) is 40.9 Å². The minimum absolute atomic E-state index is 0.322. The number of azo groups is 2. The van der Waals surface area contributed by atoms with Crippen molar-refractivity contribution < 1.29 is 14.3 Å². The van der Waals surface area contributed by atoms with Gasteiger partial charge in [-0.1, -0.05) is 15.9 Å². The normalized spacial score (nSPS) is 15.4. The second-order valence-electron chi connectivity index (χ2n) is 2.90. The van der Waals surface area contributed by atoms with Crippen LogP contribution in [0.1, 0.15) is 0 Å². The predicted octanol–water partition coefficient (Wildman–Crippen LogP) is 2.17. The van der Waals surface area contributed by atoms with Crippen LogP contribution in [0, 0.1) is 0 Å². The molecule has 0 N–H and O–H groups in total. The van der Waals surface area contributed by atoms with Crippen LogP contribution in [-0.4, -0.2) is 16.5 Å². The van der Waals surface area contributed by atoms with Crippen LogP contribution in [0.5, 0.6) is 0 Å². The highest BCUT2D eigenvalue weighted by atomic mass is 79.9. The molecule has 2 rings (SSSR count). The lowest BCUT2D eigenvalue weighted by molar-refractivity contribution is -0.425. The number of nitrogens with zero attached hydrogens (tertiary/aromatic N) is 2. The lowest BCUT2D eigenvalue weighted by Gasteiger charge is -1.97. The molecule has 0 aliphatic carbocycles. The third-order valence-corrected chi connectivity index (χ3v) is 2.38. The Labute approximate surface area is 94.0 Å². The number of hydrogen-bond acceptors (Lipinski definition) is 2. The molecule has 1 aliphatic heterocycles. The van der Waals surface area contributed by atoms with E-state index >= 15 is 0 Å². The SMILES string of the molecule is O=C1C=CC(=O)[N+](c2ccc(Br)cc2)=N1. The summed E-state index contributed by atoms with van der Waals surface area (Å²) in [5.74, 6) is -0.755. The summed E-state index contributed by atoms with van der Waals surface area (Å²) < 4.78 is 1.98. The number of carbonyl (C=O) groups excluding carboxylic acids is 2. The highest BCUT2D eigenvalue weighted by Gasteiger charge is 2.25. The lowest BCUT2D eigenvalue weighted by Crippen LogP contribution is -2.17. The van der Waals surface area contributed by atoms with Crippen molar-refractivity contribution in [2.45, 2.75) is 0 Å². The van der Waals surface area contributed by atoms with Crippen LogP contribution in [0.25, 0.3) is 0 Å². The Kier molecular flexibility index (Phi) is 2.55. The van der Waals surface area contributed by atoms with Gasteiger partial charge < -0.3 is 0 Å². The van der Waals surface area contributed by atoms with E-state index in [-0.39, 0.29) is 5.91 Å². The van der Waals surface area contributed by atoms with Gasteiger partial charge in [0, 0.05) is 22.7 Å². The molecule has 0 saturated heterocycles. The van der Waals surface area contributed by atoms with E-state index in [9.17, 15) is 9.59 Å². The topological polar surface area (TPSA) is 49.5 Å². The maximum atomic E-state index is 11.4. The van der Waals surface area contributed by atoms with Gasteiger partial charge in [-0.3, -0.25) is 4.79 Å². The zero-order valence-electron chi connectivity index (χ0n) is 7.55. The number of amides is 2. The van der Waals surface area contributed by atoms with E-state index < -0.39 is 5.91 Å². The molecule has 0 aromatic heterocycles. The number of carbonyl (C=O) groups is 2. The molecular formula is C10H6BrN2O2+. The summed E-state index contributed by atoms with van der Waals surface area (Å²) in [6, 6.07) is 6.97. The Morgan fingerprint density at radius 3 is 2.40 bits per heavy atom. The summed E-state index contributed by atoms with van der Waals surface area (Å²) in [5, 5.41) is 3.61. The summed E-state index contributed by atoms with van der Waals surface area (Å²) in [6.45, 7) is 0. The third kappa shape index (κ3) is 2.07.